The third-order valence-corrected chi connectivity index (χ3v) is 6.07. The molecule has 0 aliphatic rings. The van der Waals surface area contributed by atoms with E-state index in [4.69, 9.17) is 18.5 Å². The van der Waals surface area contributed by atoms with E-state index in [0.717, 1.165) is 44.9 Å². The number of unbranched alkanes of at least 4 members (excludes halogenated alkanes) is 6. The Balaban J connectivity index is 4.03. The molecule has 0 radical (unpaired) electrons. The molecule has 0 saturated carbocycles. The minimum absolute atomic E-state index is 0.141. The van der Waals surface area contributed by atoms with Gasteiger partial charge in [-0.1, -0.05) is 63.8 Å². The summed E-state index contributed by atoms with van der Waals surface area (Å²) in [6.07, 6.45) is 16.4. The van der Waals surface area contributed by atoms with E-state index in [-0.39, 0.29) is 12.8 Å². The molecule has 0 aromatic carbocycles. The first-order chi connectivity index (χ1) is 17.8. The summed E-state index contributed by atoms with van der Waals surface area (Å²) < 4.78 is 31.6. The quantitative estimate of drug-likeness (QED) is 0.0664. The van der Waals surface area contributed by atoms with Crippen molar-refractivity contribution in [2.24, 2.45) is 0 Å². The van der Waals surface area contributed by atoms with Crippen molar-refractivity contribution >= 4 is 19.8 Å². The molecular weight excluding hydrogens is 503 g/mol. The van der Waals surface area contributed by atoms with Crippen molar-refractivity contribution in [3.05, 3.63) is 24.3 Å². The smallest absolute Gasteiger partial charge is 0.457 e. The van der Waals surface area contributed by atoms with Crippen LogP contribution in [0.2, 0.25) is 0 Å². The number of ether oxygens (including phenoxy) is 2. The largest absolute Gasteiger partial charge is 0.472 e. The molecule has 0 aromatic heterocycles. The fourth-order valence-electron chi connectivity index (χ4n) is 3.07. The van der Waals surface area contributed by atoms with Crippen LogP contribution in [0.5, 0.6) is 0 Å². The number of esters is 2. The van der Waals surface area contributed by atoms with E-state index in [1.54, 1.807) is 6.92 Å². The third-order valence-electron chi connectivity index (χ3n) is 5.12. The van der Waals surface area contributed by atoms with E-state index >= 15 is 0 Å². The second kappa shape index (κ2) is 23.6. The molecule has 3 N–H and O–H groups in total. The number of hydrogen-bond donors (Lipinski definition) is 3. The van der Waals surface area contributed by atoms with Crippen molar-refractivity contribution in [2.45, 2.75) is 103 Å². The van der Waals surface area contributed by atoms with Gasteiger partial charge in [-0.2, -0.15) is 0 Å². The van der Waals surface area contributed by atoms with Crippen molar-refractivity contribution in [3.63, 3.8) is 0 Å². The van der Waals surface area contributed by atoms with Crippen LogP contribution in [0.3, 0.4) is 0 Å². The predicted octanol–water partition coefficient (Wildman–Crippen LogP) is 4.76. The predicted molar refractivity (Wildman–Crippen MR) is 141 cm³/mol. The average molecular weight is 551 g/mol. The molecule has 37 heavy (non-hydrogen) atoms. The van der Waals surface area contributed by atoms with Crippen LogP contribution in [0.4, 0.5) is 0 Å². The highest BCUT2D eigenvalue weighted by Gasteiger charge is 2.27. The van der Waals surface area contributed by atoms with Gasteiger partial charge in [0.05, 0.1) is 26.4 Å². The lowest BCUT2D eigenvalue weighted by Gasteiger charge is -2.20. The molecule has 0 spiro atoms. The van der Waals surface area contributed by atoms with Crippen molar-refractivity contribution in [1.29, 1.82) is 0 Å². The van der Waals surface area contributed by atoms with Gasteiger partial charge in [-0.25, -0.2) is 4.57 Å². The van der Waals surface area contributed by atoms with Crippen LogP contribution in [-0.4, -0.2) is 65.7 Å². The molecule has 0 saturated heterocycles. The number of phosphoric ester groups is 1. The summed E-state index contributed by atoms with van der Waals surface area (Å²) in [5, 5.41) is 18.6. The Morgan fingerprint density at radius 1 is 0.730 bits per heavy atom. The maximum Gasteiger partial charge on any atom is 0.472 e. The number of aliphatic hydroxyl groups is 2. The molecular formula is C26H47O10P. The molecule has 216 valence electrons. The highest BCUT2D eigenvalue weighted by molar-refractivity contribution is 7.47. The van der Waals surface area contributed by atoms with E-state index in [1.165, 1.54) is 6.42 Å². The van der Waals surface area contributed by atoms with Gasteiger partial charge in [0, 0.05) is 12.8 Å². The van der Waals surface area contributed by atoms with Gasteiger partial charge in [0.25, 0.3) is 0 Å². The minimum Gasteiger partial charge on any atom is -0.457 e. The Morgan fingerprint density at radius 2 is 1.24 bits per heavy atom. The fraction of sp³-hybridized carbons (Fsp3) is 0.769. The standard InChI is InChI=1S/C26H47O10P/c1-3-5-6-7-8-9-10-11-12-13-14-15-16-18-26(30)36-24(20-28)22-34-37(31,32)33-21-23(19-27)35-25(29)17-4-2/h6-7,9-10,23-24,27-28H,3-5,8,11-22H2,1-2H3,(H,31,32)/b7-6-,10-9-. The number of phosphoric acid groups is 1. The molecule has 0 fully saturated rings. The molecule has 0 rings (SSSR count). The van der Waals surface area contributed by atoms with Gasteiger partial charge in [0.1, 0.15) is 12.2 Å². The average Bonchev–Trinajstić information content (AvgIpc) is 2.87. The Morgan fingerprint density at radius 3 is 1.78 bits per heavy atom. The molecule has 3 unspecified atom stereocenters. The lowest BCUT2D eigenvalue weighted by Crippen LogP contribution is -2.28. The van der Waals surface area contributed by atoms with E-state index in [0.29, 0.717) is 12.8 Å². The molecule has 0 aliphatic carbocycles. The maximum atomic E-state index is 12.0. The Bertz CT molecular complexity index is 695. The van der Waals surface area contributed by atoms with Crippen molar-refractivity contribution < 1.29 is 47.8 Å². The first-order valence-corrected chi connectivity index (χ1v) is 14.8. The highest BCUT2D eigenvalue weighted by Crippen LogP contribution is 2.43. The summed E-state index contributed by atoms with van der Waals surface area (Å²) in [6, 6.07) is 0. The van der Waals surface area contributed by atoms with Gasteiger partial charge >= 0.3 is 19.8 Å². The summed E-state index contributed by atoms with van der Waals surface area (Å²) in [6.45, 7) is 1.63. The van der Waals surface area contributed by atoms with Crippen LogP contribution in [0.25, 0.3) is 0 Å². The number of hydrogen-bond acceptors (Lipinski definition) is 9. The molecule has 0 amide bonds. The van der Waals surface area contributed by atoms with Crippen LogP contribution in [0.15, 0.2) is 24.3 Å². The van der Waals surface area contributed by atoms with Crippen LogP contribution in [0, 0.1) is 0 Å². The second-order valence-corrected chi connectivity index (χ2v) is 10.1. The SMILES string of the molecule is CCC/C=C\C/C=C\CCCCCCCC(=O)OC(CO)COP(=O)(O)OCC(CO)OC(=O)CCC. The Labute approximate surface area is 221 Å². The number of aliphatic hydroxyl groups excluding tert-OH is 2. The monoisotopic (exact) mass is 550 g/mol. The number of carbonyl (C=O) groups excluding carboxylic acids is 2. The minimum atomic E-state index is -4.59. The lowest BCUT2D eigenvalue weighted by molar-refractivity contribution is -0.153. The van der Waals surface area contributed by atoms with Crippen LogP contribution in [0.1, 0.15) is 90.9 Å². The van der Waals surface area contributed by atoms with E-state index in [1.807, 2.05) is 0 Å². The zero-order valence-corrected chi connectivity index (χ0v) is 23.3. The number of rotatable bonds is 24. The molecule has 0 bridgehead atoms. The Hall–Kier alpha value is -1.55. The summed E-state index contributed by atoms with van der Waals surface area (Å²) >= 11 is 0. The van der Waals surface area contributed by atoms with Crippen LogP contribution < -0.4 is 0 Å². The first kappa shape index (κ1) is 35.5. The summed E-state index contributed by atoms with van der Waals surface area (Å²) in [5.74, 6) is -1.09. The molecule has 0 heterocycles. The third kappa shape index (κ3) is 22.2. The van der Waals surface area contributed by atoms with Gasteiger partial charge in [0.2, 0.25) is 0 Å². The first-order valence-electron chi connectivity index (χ1n) is 13.3. The molecule has 3 atom stereocenters. The molecule has 10 nitrogen and oxygen atoms in total. The number of allylic oxidation sites excluding steroid dienone is 4. The topological polar surface area (TPSA) is 149 Å². The zero-order valence-electron chi connectivity index (χ0n) is 22.4. The lowest BCUT2D eigenvalue weighted by atomic mass is 10.1. The molecule has 11 heteroatoms. The van der Waals surface area contributed by atoms with Crippen LogP contribution >= 0.6 is 7.82 Å². The van der Waals surface area contributed by atoms with Gasteiger partial charge in [-0.3, -0.25) is 18.6 Å². The van der Waals surface area contributed by atoms with Crippen LogP contribution in [-0.2, 0) is 32.7 Å². The van der Waals surface area contributed by atoms with E-state index in [2.05, 4.69) is 31.2 Å². The highest BCUT2D eigenvalue weighted by atomic mass is 31.2. The van der Waals surface area contributed by atoms with Crippen molar-refractivity contribution in [3.8, 4) is 0 Å². The summed E-state index contributed by atoms with van der Waals surface area (Å²) in [5.41, 5.74) is 0. The van der Waals surface area contributed by atoms with Gasteiger partial charge in [-0.05, 0) is 38.5 Å². The van der Waals surface area contributed by atoms with Gasteiger partial charge < -0.3 is 24.6 Å². The van der Waals surface area contributed by atoms with Gasteiger partial charge in [0.15, 0.2) is 0 Å². The summed E-state index contributed by atoms with van der Waals surface area (Å²) in [4.78, 5) is 33.2. The maximum absolute atomic E-state index is 12.0. The van der Waals surface area contributed by atoms with Crippen molar-refractivity contribution in [2.75, 3.05) is 26.4 Å². The fourth-order valence-corrected chi connectivity index (χ4v) is 3.85. The molecule has 0 aliphatic heterocycles. The van der Waals surface area contributed by atoms with E-state index in [9.17, 15) is 29.3 Å². The zero-order chi connectivity index (χ0) is 27.8. The summed E-state index contributed by atoms with van der Waals surface area (Å²) in [7, 11) is -4.59. The van der Waals surface area contributed by atoms with Gasteiger partial charge in [-0.15, -0.1) is 0 Å². The molecule has 0 aromatic rings. The number of carbonyl (C=O) groups is 2. The van der Waals surface area contributed by atoms with Crippen molar-refractivity contribution in [1.82, 2.24) is 0 Å². The van der Waals surface area contributed by atoms with E-state index < -0.39 is 58.4 Å². The Kier molecular flexibility index (Phi) is 22.6. The second-order valence-electron chi connectivity index (χ2n) is 8.67. The normalized spacial score (nSPS) is 15.1.